The fourth-order valence-electron chi connectivity index (χ4n) is 3.77. The van der Waals surface area contributed by atoms with Crippen LogP contribution in [0, 0.1) is 17.8 Å². The number of carbonyl (C=O) groups excluding carboxylic acids is 1. The normalized spacial score (nSPS) is 27.0. The van der Waals surface area contributed by atoms with E-state index in [4.69, 9.17) is 0 Å². The molecule has 22 heavy (non-hydrogen) atoms. The third-order valence-electron chi connectivity index (χ3n) is 5.03. The summed E-state index contributed by atoms with van der Waals surface area (Å²) in [4.78, 5) is 17.0. The number of aryl methyl sites for hydroxylation is 1. The lowest BCUT2D eigenvalue weighted by molar-refractivity contribution is -0.124. The quantitative estimate of drug-likeness (QED) is 0.879. The van der Waals surface area contributed by atoms with Crippen LogP contribution in [0.1, 0.15) is 19.5 Å². The number of rotatable bonds is 3. The van der Waals surface area contributed by atoms with Crippen LogP contribution in [0.3, 0.4) is 0 Å². The summed E-state index contributed by atoms with van der Waals surface area (Å²) in [6.07, 6.45) is 1.77. The number of aromatic nitrogens is 3. The van der Waals surface area contributed by atoms with Gasteiger partial charge in [0.15, 0.2) is 0 Å². The lowest BCUT2D eigenvalue weighted by atomic mass is 9.98. The molecule has 2 fully saturated rings. The van der Waals surface area contributed by atoms with Crippen molar-refractivity contribution in [1.82, 2.24) is 25.4 Å². The van der Waals surface area contributed by atoms with Crippen LogP contribution in [-0.2, 0) is 17.4 Å². The highest BCUT2D eigenvalue weighted by Crippen LogP contribution is 2.49. The van der Waals surface area contributed by atoms with E-state index in [-0.39, 0.29) is 11.8 Å². The molecule has 1 aliphatic heterocycles. The minimum Gasteiger partial charge on any atom is -0.345 e. The van der Waals surface area contributed by atoms with E-state index in [9.17, 15) is 4.79 Å². The summed E-state index contributed by atoms with van der Waals surface area (Å²) >= 11 is 0. The number of fused-ring (bicyclic) bond motifs is 2. The third kappa shape index (κ3) is 1.94. The zero-order chi connectivity index (χ0) is 15.5. The topological polar surface area (TPSA) is 71.8 Å². The van der Waals surface area contributed by atoms with Crippen LogP contribution in [0.15, 0.2) is 18.3 Å². The molecule has 4 rings (SSSR count). The van der Waals surface area contributed by atoms with Gasteiger partial charge in [0.05, 0.1) is 11.1 Å². The Hall–Kier alpha value is -1.95. The van der Waals surface area contributed by atoms with Gasteiger partial charge in [-0.1, -0.05) is 0 Å². The zero-order valence-electron chi connectivity index (χ0n) is 13.1. The summed E-state index contributed by atoms with van der Waals surface area (Å²) in [5.41, 5.74) is 2.12. The van der Waals surface area contributed by atoms with Gasteiger partial charge in [0.25, 0.3) is 0 Å². The number of nitrogens with zero attached hydrogens (tertiary/aromatic N) is 3. The van der Waals surface area contributed by atoms with E-state index in [1.54, 1.807) is 6.20 Å². The molecule has 0 spiro atoms. The van der Waals surface area contributed by atoms with E-state index in [2.05, 4.69) is 20.7 Å². The van der Waals surface area contributed by atoms with Crippen molar-refractivity contribution in [1.29, 1.82) is 0 Å². The molecule has 1 unspecified atom stereocenters. The van der Waals surface area contributed by atoms with Crippen molar-refractivity contribution >= 4 is 16.9 Å². The van der Waals surface area contributed by atoms with Crippen LogP contribution in [0.25, 0.3) is 11.0 Å². The first-order valence-corrected chi connectivity index (χ1v) is 7.80. The average molecular weight is 299 g/mol. The van der Waals surface area contributed by atoms with Gasteiger partial charge in [0.2, 0.25) is 5.91 Å². The van der Waals surface area contributed by atoms with Crippen LogP contribution in [0.2, 0.25) is 0 Å². The molecule has 1 aliphatic carbocycles. The molecule has 1 saturated carbocycles. The summed E-state index contributed by atoms with van der Waals surface area (Å²) < 4.78 is 1.82. The third-order valence-corrected chi connectivity index (χ3v) is 5.03. The van der Waals surface area contributed by atoms with Gasteiger partial charge < -0.3 is 10.6 Å². The zero-order valence-corrected chi connectivity index (χ0v) is 13.1. The van der Waals surface area contributed by atoms with E-state index in [0.717, 1.165) is 29.8 Å². The second-order valence-electron chi connectivity index (χ2n) is 6.97. The fraction of sp³-hybridized carbons (Fsp3) is 0.562. The number of hydrogen-bond acceptors (Lipinski definition) is 4. The Morgan fingerprint density at radius 1 is 1.41 bits per heavy atom. The molecule has 3 atom stereocenters. The van der Waals surface area contributed by atoms with E-state index in [1.165, 1.54) is 0 Å². The van der Waals surface area contributed by atoms with Crippen LogP contribution >= 0.6 is 0 Å². The SMILES string of the molecule is Cn1nc(C(C)(C)NC(=O)C2[C@H]3CNC[C@@H]23)c2ncccc21. The molecular weight excluding hydrogens is 278 g/mol. The highest BCUT2D eigenvalue weighted by atomic mass is 16.2. The molecule has 3 heterocycles. The maximum absolute atomic E-state index is 12.6. The highest BCUT2D eigenvalue weighted by Gasteiger charge is 2.57. The molecule has 6 nitrogen and oxygen atoms in total. The fourth-order valence-corrected chi connectivity index (χ4v) is 3.77. The van der Waals surface area contributed by atoms with Gasteiger partial charge >= 0.3 is 0 Å². The molecule has 0 radical (unpaired) electrons. The van der Waals surface area contributed by atoms with Gasteiger partial charge in [-0.2, -0.15) is 5.10 Å². The maximum Gasteiger partial charge on any atom is 0.224 e. The maximum atomic E-state index is 12.6. The van der Waals surface area contributed by atoms with Crippen molar-refractivity contribution in [2.45, 2.75) is 19.4 Å². The second kappa shape index (κ2) is 4.52. The summed E-state index contributed by atoms with van der Waals surface area (Å²) in [5, 5.41) is 11.1. The van der Waals surface area contributed by atoms with Crippen molar-refractivity contribution in [2.75, 3.05) is 13.1 Å². The number of carbonyl (C=O) groups is 1. The largest absolute Gasteiger partial charge is 0.345 e. The minimum atomic E-state index is -0.532. The van der Waals surface area contributed by atoms with Gasteiger partial charge in [-0.05, 0) is 50.9 Å². The Morgan fingerprint density at radius 3 is 2.86 bits per heavy atom. The van der Waals surface area contributed by atoms with Crippen molar-refractivity contribution in [3.05, 3.63) is 24.0 Å². The van der Waals surface area contributed by atoms with Crippen LogP contribution in [0.4, 0.5) is 0 Å². The van der Waals surface area contributed by atoms with Gasteiger partial charge in [-0.15, -0.1) is 0 Å². The summed E-state index contributed by atoms with van der Waals surface area (Å²) in [5.74, 6) is 1.36. The standard InChI is InChI=1S/C16H21N5O/c1-16(2,19-15(22)12-9-7-17-8-10(9)12)14-13-11(21(3)20-14)5-4-6-18-13/h4-6,9-10,12,17H,7-8H2,1-3H3,(H,19,22)/t9-,10+,12?. The number of pyridine rings is 1. The summed E-state index contributed by atoms with van der Waals surface area (Å²) in [6, 6.07) is 3.89. The first-order chi connectivity index (χ1) is 10.5. The van der Waals surface area contributed by atoms with Crippen molar-refractivity contribution < 1.29 is 4.79 Å². The van der Waals surface area contributed by atoms with Crippen LogP contribution in [0.5, 0.6) is 0 Å². The lowest BCUT2D eigenvalue weighted by Gasteiger charge is -2.25. The van der Waals surface area contributed by atoms with Gasteiger partial charge in [-0.25, -0.2) is 0 Å². The molecule has 2 aromatic heterocycles. The van der Waals surface area contributed by atoms with Crippen molar-refractivity contribution in [3.8, 4) is 0 Å². The van der Waals surface area contributed by atoms with Crippen LogP contribution in [-0.4, -0.2) is 33.8 Å². The monoisotopic (exact) mass is 299 g/mol. The van der Waals surface area contributed by atoms with Gasteiger partial charge in [0, 0.05) is 19.2 Å². The van der Waals surface area contributed by atoms with E-state index in [0.29, 0.717) is 11.8 Å². The number of amides is 1. The Balaban J connectivity index is 1.61. The highest BCUT2D eigenvalue weighted by molar-refractivity contribution is 5.85. The number of nitrogens with one attached hydrogen (secondary N) is 2. The summed E-state index contributed by atoms with van der Waals surface area (Å²) in [6.45, 7) is 5.93. The van der Waals surface area contributed by atoms with E-state index >= 15 is 0 Å². The molecule has 2 aliphatic rings. The number of piperidine rings is 1. The van der Waals surface area contributed by atoms with E-state index < -0.39 is 5.54 Å². The second-order valence-corrected chi connectivity index (χ2v) is 6.97. The van der Waals surface area contributed by atoms with Crippen molar-refractivity contribution in [2.24, 2.45) is 24.8 Å². The first-order valence-electron chi connectivity index (χ1n) is 7.80. The smallest absolute Gasteiger partial charge is 0.224 e. The average Bonchev–Trinajstić information content (AvgIpc) is 2.82. The summed E-state index contributed by atoms with van der Waals surface area (Å²) in [7, 11) is 1.91. The van der Waals surface area contributed by atoms with E-state index in [1.807, 2.05) is 37.7 Å². The molecule has 2 N–H and O–H groups in total. The van der Waals surface area contributed by atoms with Gasteiger partial charge in [-0.3, -0.25) is 14.5 Å². The minimum absolute atomic E-state index is 0.149. The van der Waals surface area contributed by atoms with Crippen LogP contribution < -0.4 is 10.6 Å². The predicted molar refractivity (Wildman–Crippen MR) is 83.0 cm³/mol. The molecule has 1 amide bonds. The Kier molecular flexibility index (Phi) is 2.81. The molecule has 6 heteroatoms. The Bertz CT molecular complexity index is 740. The lowest BCUT2D eigenvalue weighted by Crippen LogP contribution is -2.43. The molecule has 0 bridgehead atoms. The number of hydrogen-bond donors (Lipinski definition) is 2. The predicted octanol–water partition coefficient (Wildman–Crippen LogP) is 0.785. The molecular formula is C16H21N5O. The molecule has 116 valence electrons. The van der Waals surface area contributed by atoms with Gasteiger partial charge in [0.1, 0.15) is 11.2 Å². The molecule has 0 aromatic carbocycles. The Labute approximate surface area is 129 Å². The molecule has 1 saturated heterocycles. The first kappa shape index (κ1) is 13.7. The van der Waals surface area contributed by atoms with Crippen molar-refractivity contribution in [3.63, 3.8) is 0 Å². The molecule has 2 aromatic rings. The Morgan fingerprint density at radius 2 is 2.14 bits per heavy atom.